The van der Waals surface area contributed by atoms with Crippen molar-refractivity contribution in [1.82, 2.24) is 30.5 Å². The van der Waals surface area contributed by atoms with E-state index in [-0.39, 0.29) is 37.9 Å². The van der Waals surface area contributed by atoms with Gasteiger partial charge in [-0.15, -0.1) is 0 Å². The molecule has 2 atom stereocenters. The molecule has 2 N–H and O–H groups in total. The number of alkyl carbamates (subject to hydrolysis) is 1. The summed E-state index contributed by atoms with van der Waals surface area (Å²) in [5.74, 6) is -0.471. The molecule has 1 aromatic heterocycles. The SMILES string of the molecule is CC(C)(C)OC(=O)NCCO/N=C/Cn1ncc2c1[C@@H](C(=O)NO[Si](C)(C)C(C)(C)C)N1CC2N(OCc2ccccc2)C1=O. The minimum Gasteiger partial charge on any atom is -0.444 e. The third kappa shape index (κ3) is 8.21. The highest BCUT2D eigenvalue weighted by atomic mass is 28.4. The number of oxime groups is 1. The van der Waals surface area contributed by atoms with Crippen molar-refractivity contribution in [3.63, 3.8) is 0 Å². The van der Waals surface area contributed by atoms with Crippen LogP contribution in [0.1, 0.15) is 70.4 Å². The first-order valence-corrected chi connectivity index (χ1v) is 17.9. The first-order valence-electron chi connectivity index (χ1n) is 15.0. The van der Waals surface area contributed by atoms with E-state index >= 15 is 0 Å². The lowest BCUT2D eigenvalue weighted by atomic mass is 9.97. The maximum Gasteiger partial charge on any atom is 0.407 e. The highest BCUT2D eigenvalue weighted by Gasteiger charge is 2.53. The normalized spacial score (nSPS) is 18.3. The molecule has 246 valence electrons. The van der Waals surface area contributed by atoms with Gasteiger partial charge in [-0.05, 0) is 44.5 Å². The standard InChI is InChI=1S/C30H45N7O7Si/c1-29(2,3)43-27(39)31-15-17-41-33-14-16-36-24-22(18-32-36)23-19-35(25(24)26(38)34-44-45(7,8)30(4,5)6)28(40)37(23)42-20-21-12-10-9-11-13-21/h9-14,18,23,25H,15-17,19-20H2,1-8H3,(H,31,39)(H,34,38)/b33-14+/t23?,25-/m0/s1. The van der Waals surface area contributed by atoms with Crippen molar-refractivity contribution in [3.05, 3.63) is 53.3 Å². The lowest BCUT2D eigenvalue weighted by Crippen LogP contribution is -2.50. The molecule has 1 aromatic carbocycles. The summed E-state index contributed by atoms with van der Waals surface area (Å²) < 4.78 is 12.8. The highest BCUT2D eigenvalue weighted by Crippen LogP contribution is 2.44. The number of amides is 4. The molecule has 4 amide bonds. The van der Waals surface area contributed by atoms with Crippen LogP contribution in [0.3, 0.4) is 0 Å². The fraction of sp³-hybridized carbons (Fsp3) is 0.567. The zero-order valence-corrected chi connectivity index (χ0v) is 28.3. The lowest BCUT2D eigenvalue weighted by Gasteiger charge is -2.36. The van der Waals surface area contributed by atoms with Crippen molar-refractivity contribution in [1.29, 1.82) is 0 Å². The zero-order valence-electron chi connectivity index (χ0n) is 27.3. The number of urea groups is 1. The molecular weight excluding hydrogens is 598 g/mol. The van der Waals surface area contributed by atoms with Crippen LogP contribution < -0.4 is 10.8 Å². The van der Waals surface area contributed by atoms with Crippen molar-refractivity contribution in [2.75, 3.05) is 19.7 Å². The number of carbonyl (C=O) groups excluding carboxylic acids is 3. The second-order valence-electron chi connectivity index (χ2n) is 13.5. The van der Waals surface area contributed by atoms with E-state index in [1.807, 2.05) is 43.4 Å². The summed E-state index contributed by atoms with van der Waals surface area (Å²) in [6, 6.07) is 7.67. The Morgan fingerprint density at radius 2 is 1.84 bits per heavy atom. The number of hydrogen-bond donors (Lipinski definition) is 2. The summed E-state index contributed by atoms with van der Waals surface area (Å²) in [4.78, 5) is 52.0. The summed E-state index contributed by atoms with van der Waals surface area (Å²) in [6.45, 7) is 16.6. The number of fused-ring (bicyclic) bond motifs is 4. The highest BCUT2D eigenvalue weighted by molar-refractivity contribution is 6.74. The Morgan fingerprint density at radius 3 is 2.51 bits per heavy atom. The summed E-state index contributed by atoms with van der Waals surface area (Å²) in [6.07, 6.45) is 2.61. The smallest absolute Gasteiger partial charge is 0.407 e. The second kappa shape index (κ2) is 13.6. The second-order valence-corrected chi connectivity index (χ2v) is 18.2. The quantitative estimate of drug-likeness (QED) is 0.149. The molecule has 45 heavy (non-hydrogen) atoms. The van der Waals surface area contributed by atoms with E-state index in [1.54, 1.807) is 31.6 Å². The van der Waals surface area contributed by atoms with Gasteiger partial charge in [-0.3, -0.25) is 14.3 Å². The number of hydrogen-bond acceptors (Lipinski definition) is 9. The molecule has 14 nitrogen and oxygen atoms in total. The fourth-order valence-corrected chi connectivity index (χ4v) is 5.20. The largest absolute Gasteiger partial charge is 0.444 e. The molecule has 4 rings (SSSR count). The number of ether oxygens (including phenoxy) is 1. The van der Waals surface area contributed by atoms with Gasteiger partial charge < -0.3 is 24.3 Å². The summed E-state index contributed by atoms with van der Waals surface area (Å²) in [7, 11) is -2.34. The van der Waals surface area contributed by atoms with Gasteiger partial charge >= 0.3 is 12.1 Å². The summed E-state index contributed by atoms with van der Waals surface area (Å²) >= 11 is 0. The molecule has 0 radical (unpaired) electrons. The Morgan fingerprint density at radius 1 is 1.13 bits per heavy atom. The third-order valence-corrected chi connectivity index (χ3v) is 12.1. The minimum atomic E-state index is -2.34. The van der Waals surface area contributed by atoms with Crippen LogP contribution in [-0.4, -0.2) is 77.6 Å². The molecule has 2 bridgehead atoms. The molecule has 3 heterocycles. The Hall–Kier alpha value is -3.95. The van der Waals surface area contributed by atoms with Gasteiger partial charge in [-0.2, -0.15) is 10.2 Å². The van der Waals surface area contributed by atoms with Gasteiger partial charge in [0.05, 0.1) is 37.7 Å². The maximum absolute atomic E-state index is 13.8. The summed E-state index contributed by atoms with van der Waals surface area (Å²) in [5.41, 5.74) is 4.23. The van der Waals surface area contributed by atoms with Gasteiger partial charge in [-0.25, -0.2) is 15.1 Å². The molecule has 2 aromatic rings. The van der Waals surface area contributed by atoms with E-state index < -0.39 is 44.0 Å². The van der Waals surface area contributed by atoms with Crippen molar-refractivity contribution >= 4 is 32.6 Å². The van der Waals surface area contributed by atoms with E-state index in [1.165, 1.54) is 16.2 Å². The van der Waals surface area contributed by atoms with Crippen molar-refractivity contribution in [3.8, 4) is 0 Å². The van der Waals surface area contributed by atoms with Gasteiger partial charge in [-0.1, -0.05) is 56.3 Å². The van der Waals surface area contributed by atoms with Crippen LogP contribution in [0.4, 0.5) is 9.59 Å². The van der Waals surface area contributed by atoms with E-state index in [9.17, 15) is 14.4 Å². The third-order valence-electron chi connectivity index (χ3n) is 7.87. The molecular formula is C30H45N7O7Si. The molecule has 0 aliphatic carbocycles. The van der Waals surface area contributed by atoms with E-state index in [0.717, 1.165) is 5.56 Å². The molecule has 0 saturated carbocycles. The van der Waals surface area contributed by atoms with Crippen molar-refractivity contribution < 1.29 is 33.3 Å². The van der Waals surface area contributed by atoms with Crippen LogP contribution >= 0.6 is 0 Å². The number of hydroxylamine groups is 3. The van der Waals surface area contributed by atoms with Crippen LogP contribution in [0.25, 0.3) is 0 Å². The molecule has 1 unspecified atom stereocenters. The Kier molecular flexibility index (Phi) is 10.2. The van der Waals surface area contributed by atoms with Crippen molar-refractivity contribution in [2.24, 2.45) is 5.16 Å². The average molecular weight is 644 g/mol. The van der Waals surface area contributed by atoms with Gasteiger partial charge in [0.2, 0.25) is 8.32 Å². The van der Waals surface area contributed by atoms with Crippen LogP contribution in [0.2, 0.25) is 18.1 Å². The van der Waals surface area contributed by atoms with E-state index in [0.29, 0.717) is 11.3 Å². The molecule has 1 fully saturated rings. The molecule has 0 spiro atoms. The van der Waals surface area contributed by atoms with Crippen LogP contribution in [0, 0.1) is 0 Å². The predicted molar refractivity (Wildman–Crippen MR) is 168 cm³/mol. The van der Waals surface area contributed by atoms with Gasteiger partial charge in [0.15, 0.2) is 6.04 Å². The molecule has 2 aliphatic rings. The van der Waals surface area contributed by atoms with Gasteiger partial charge in [0, 0.05) is 5.56 Å². The Bertz CT molecular complexity index is 1390. The van der Waals surface area contributed by atoms with E-state index in [2.05, 4.69) is 41.8 Å². The van der Waals surface area contributed by atoms with Gasteiger partial charge in [0.1, 0.15) is 24.9 Å². The maximum atomic E-state index is 13.8. The first-order chi connectivity index (χ1) is 21.1. The van der Waals surface area contributed by atoms with Gasteiger partial charge in [0.25, 0.3) is 5.91 Å². The predicted octanol–water partition coefficient (Wildman–Crippen LogP) is 4.43. The Labute approximate surface area is 265 Å². The van der Waals surface area contributed by atoms with E-state index in [4.69, 9.17) is 18.9 Å². The van der Waals surface area contributed by atoms with Crippen LogP contribution in [0.15, 0.2) is 41.7 Å². The topological polar surface area (TPSA) is 149 Å². The number of nitrogens with zero attached hydrogens (tertiary/aromatic N) is 5. The molecule has 15 heteroatoms. The van der Waals surface area contributed by atoms with Crippen LogP contribution in [0.5, 0.6) is 0 Å². The van der Waals surface area contributed by atoms with Crippen molar-refractivity contribution in [2.45, 2.75) is 90.5 Å². The Balaban J connectivity index is 1.48. The number of carbonyl (C=O) groups is 3. The minimum absolute atomic E-state index is 0.126. The monoisotopic (exact) mass is 643 g/mol. The molecule has 1 saturated heterocycles. The number of aromatic nitrogens is 2. The number of benzene rings is 1. The molecule has 2 aliphatic heterocycles. The average Bonchev–Trinajstić information content (AvgIpc) is 3.49. The fourth-order valence-electron chi connectivity index (χ4n) is 4.54. The number of rotatable bonds is 12. The first kappa shape index (κ1) is 33.9. The van der Waals surface area contributed by atoms with Crippen LogP contribution in [-0.2, 0) is 36.9 Å². The number of nitrogens with one attached hydrogen (secondary N) is 2. The lowest BCUT2D eigenvalue weighted by molar-refractivity contribution is -0.141. The summed E-state index contributed by atoms with van der Waals surface area (Å²) in [5, 5.41) is 12.3. The zero-order chi connectivity index (χ0) is 33.0.